The summed E-state index contributed by atoms with van der Waals surface area (Å²) in [5, 5.41) is 0.970. The van der Waals surface area contributed by atoms with Crippen molar-refractivity contribution in [3.05, 3.63) is 69.3 Å². The number of nitrogens with zero attached hydrogens (tertiary/aromatic N) is 4. The summed E-state index contributed by atoms with van der Waals surface area (Å²) < 4.78 is 0. The second kappa shape index (κ2) is 18.4. The fourth-order valence-electron chi connectivity index (χ4n) is 5.83. The van der Waals surface area contributed by atoms with Crippen molar-refractivity contribution < 1.29 is 9.59 Å². The minimum Gasteiger partial charge on any atom is -0.335 e. The van der Waals surface area contributed by atoms with Crippen LogP contribution >= 0.6 is 23.2 Å². The van der Waals surface area contributed by atoms with Crippen molar-refractivity contribution in [3.8, 4) is 0 Å². The van der Waals surface area contributed by atoms with E-state index in [-0.39, 0.29) is 11.8 Å². The highest BCUT2D eigenvalue weighted by Crippen LogP contribution is 2.35. The number of rotatable bonds is 18. The van der Waals surface area contributed by atoms with Crippen LogP contribution < -0.4 is 0 Å². The highest BCUT2D eigenvalue weighted by molar-refractivity contribution is 6.31. The van der Waals surface area contributed by atoms with E-state index in [1.54, 1.807) is 0 Å². The topological polar surface area (TPSA) is 98.0 Å². The molecule has 3 rings (SSSR count). The number of H-pyrrole nitrogens is 2. The van der Waals surface area contributed by atoms with Gasteiger partial charge in [0.15, 0.2) is 0 Å². The molecule has 10 heteroatoms. The molecule has 0 atom stereocenters. The fourth-order valence-corrected chi connectivity index (χ4v) is 6.39. The first-order valence-corrected chi connectivity index (χ1v) is 17.9. The molecule has 258 valence electrons. The smallest absolute Gasteiger partial charge is 0.223 e. The first-order valence-electron chi connectivity index (χ1n) is 17.1. The molecule has 0 aromatic carbocycles. The number of aromatic amines is 2. The molecule has 0 bridgehead atoms. The first-order chi connectivity index (χ1) is 22.4. The third-order valence-electron chi connectivity index (χ3n) is 8.20. The molecule has 2 aromatic rings. The van der Waals surface area contributed by atoms with E-state index >= 15 is 0 Å². The largest absolute Gasteiger partial charge is 0.335 e. The number of amides is 2. The molecular weight excluding hydrogens is 631 g/mol. The Morgan fingerprint density at radius 3 is 1.91 bits per heavy atom. The number of halogens is 2. The van der Waals surface area contributed by atoms with E-state index < -0.39 is 0 Å². The molecule has 0 radical (unpaired) electrons. The predicted octanol–water partition coefficient (Wildman–Crippen LogP) is 9.55. The van der Waals surface area contributed by atoms with Gasteiger partial charge >= 0.3 is 0 Å². The number of nitrogens with one attached hydrogen (secondary N) is 2. The van der Waals surface area contributed by atoms with Gasteiger partial charge in [0.2, 0.25) is 11.8 Å². The molecule has 47 heavy (non-hydrogen) atoms. The first kappa shape index (κ1) is 38.3. The van der Waals surface area contributed by atoms with Crippen LogP contribution in [0.1, 0.15) is 123 Å². The van der Waals surface area contributed by atoms with Gasteiger partial charge in [-0.05, 0) is 79.6 Å². The molecule has 2 amide bonds. The Morgan fingerprint density at radius 2 is 1.43 bits per heavy atom. The maximum atomic E-state index is 12.8. The summed E-state index contributed by atoms with van der Waals surface area (Å²) >= 11 is 13.2. The van der Waals surface area contributed by atoms with E-state index in [1.165, 1.54) is 11.1 Å². The molecule has 1 aliphatic carbocycles. The molecule has 0 fully saturated rings. The number of allylic oxidation sites excluding steroid dienone is 7. The van der Waals surface area contributed by atoms with Crippen molar-refractivity contribution in [1.29, 1.82) is 0 Å². The number of carbonyl (C=O) groups excluding carboxylic acids is 2. The molecule has 2 aromatic heterocycles. The van der Waals surface area contributed by atoms with E-state index in [9.17, 15) is 9.59 Å². The average molecular weight is 686 g/mol. The Hall–Kier alpha value is -3.10. The van der Waals surface area contributed by atoms with Crippen LogP contribution in [-0.4, -0.2) is 54.6 Å². The van der Waals surface area contributed by atoms with Gasteiger partial charge in [-0.15, -0.1) is 0 Å². The van der Waals surface area contributed by atoms with Crippen LogP contribution in [0.3, 0.4) is 0 Å². The maximum Gasteiger partial charge on any atom is 0.223 e. The highest BCUT2D eigenvalue weighted by atomic mass is 35.5. The molecule has 1 aliphatic rings. The van der Waals surface area contributed by atoms with Gasteiger partial charge in [0, 0.05) is 25.9 Å². The zero-order chi connectivity index (χ0) is 34.7. The van der Waals surface area contributed by atoms with Crippen molar-refractivity contribution >= 4 is 46.2 Å². The van der Waals surface area contributed by atoms with E-state index in [2.05, 4.69) is 83.2 Å². The summed E-state index contributed by atoms with van der Waals surface area (Å²) in [5.74, 6) is 2.27. The summed E-state index contributed by atoms with van der Waals surface area (Å²) in [6, 6.07) is 0. The Labute approximate surface area is 291 Å². The van der Waals surface area contributed by atoms with Crippen molar-refractivity contribution in [2.24, 2.45) is 11.8 Å². The van der Waals surface area contributed by atoms with Gasteiger partial charge in [-0.25, -0.2) is 9.97 Å². The zero-order valence-corrected chi connectivity index (χ0v) is 31.0. The average Bonchev–Trinajstić information content (AvgIpc) is 3.57. The number of aromatic nitrogens is 4. The van der Waals surface area contributed by atoms with Crippen LogP contribution in [0.2, 0.25) is 10.3 Å². The van der Waals surface area contributed by atoms with Crippen molar-refractivity contribution in [2.75, 3.05) is 13.1 Å². The Balaban J connectivity index is 1.65. The second-order valence-corrected chi connectivity index (χ2v) is 14.1. The normalized spacial score (nSPS) is 13.6. The minimum absolute atomic E-state index is 0.132. The molecule has 8 nitrogen and oxygen atoms in total. The lowest BCUT2D eigenvalue weighted by Crippen LogP contribution is -2.32. The molecule has 0 unspecified atom stereocenters. The number of hydrogen-bond donors (Lipinski definition) is 2. The zero-order valence-electron chi connectivity index (χ0n) is 29.4. The SMILES string of the molecule is C=C(CC/C(=C\C)C1=CC=C(c2nc(CN(CCC)C(=O)CC(C)C)[nH]c2Cl)CC1)c1nc(CN(CCC)C(=O)CC(C)C)[nH]c1Cl. The van der Waals surface area contributed by atoms with Gasteiger partial charge in [0.25, 0.3) is 0 Å². The van der Waals surface area contributed by atoms with Gasteiger partial charge in [0.05, 0.1) is 13.1 Å². The van der Waals surface area contributed by atoms with Gasteiger partial charge < -0.3 is 19.8 Å². The van der Waals surface area contributed by atoms with Gasteiger partial charge in [0.1, 0.15) is 33.3 Å². The van der Waals surface area contributed by atoms with Crippen LogP contribution in [0.15, 0.2) is 36.0 Å². The molecule has 2 heterocycles. The fraction of sp³-hybridized carbons (Fsp3) is 0.568. The van der Waals surface area contributed by atoms with Gasteiger partial charge in [-0.1, -0.05) is 89.6 Å². The summed E-state index contributed by atoms with van der Waals surface area (Å²) in [5.41, 5.74) is 5.90. The summed E-state index contributed by atoms with van der Waals surface area (Å²) in [4.78, 5) is 45.2. The minimum atomic E-state index is 0.132. The van der Waals surface area contributed by atoms with E-state index in [0.29, 0.717) is 84.9 Å². The van der Waals surface area contributed by atoms with Crippen LogP contribution in [0, 0.1) is 11.8 Å². The monoisotopic (exact) mass is 684 g/mol. The number of hydrogen-bond acceptors (Lipinski definition) is 4. The lowest BCUT2D eigenvalue weighted by atomic mass is 9.89. The molecule has 2 N–H and O–H groups in total. The predicted molar refractivity (Wildman–Crippen MR) is 195 cm³/mol. The molecule has 0 saturated heterocycles. The molecular formula is C37H54Cl2N6O2. The van der Waals surface area contributed by atoms with E-state index in [4.69, 9.17) is 33.2 Å². The van der Waals surface area contributed by atoms with Gasteiger partial charge in [-0.3, -0.25) is 9.59 Å². The second-order valence-electron chi connectivity index (χ2n) is 13.3. The van der Waals surface area contributed by atoms with Crippen LogP contribution in [-0.2, 0) is 22.7 Å². The highest BCUT2D eigenvalue weighted by Gasteiger charge is 2.22. The third-order valence-corrected chi connectivity index (χ3v) is 8.75. The van der Waals surface area contributed by atoms with Crippen LogP contribution in [0.25, 0.3) is 11.1 Å². The van der Waals surface area contributed by atoms with Crippen molar-refractivity contribution in [3.63, 3.8) is 0 Å². The van der Waals surface area contributed by atoms with Crippen molar-refractivity contribution in [2.45, 2.75) is 113 Å². The Kier molecular flexibility index (Phi) is 15.1. The number of carbonyl (C=O) groups is 2. The van der Waals surface area contributed by atoms with Gasteiger partial charge in [-0.2, -0.15) is 0 Å². The molecule has 0 spiro atoms. The Bertz CT molecular complexity index is 1480. The van der Waals surface area contributed by atoms with E-state index in [1.807, 2.05) is 9.80 Å². The third kappa shape index (κ3) is 11.2. The quantitative estimate of drug-likeness (QED) is 0.163. The molecule has 0 saturated carbocycles. The maximum absolute atomic E-state index is 12.8. The Morgan fingerprint density at radius 1 is 0.872 bits per heavy atom. The summed E-state index contributed by atoms with van der Waals surface area (Å²) in [6.45, 7) is 20.9. The van der Waals surface area contributed by atoms with Crippen LogP contribution in [0.4, 0.5) is 0 Å². The summed E-state index contributed by atoms with van der Waals surface area (Å²) in [6.07, 6.45) is 12.4. The molecule has 0 aliphatic heterocycles. The van der Waals surface area contributed by atoms with E-state index in [0.717, 1.165) is 48.9 Å². The van der Waals surface area contributed by atoms with Crippen LogP contribution in [0.5, 0.6) is 0 Å². The number of imidazole rings is 2. The summed E-state index contributed by atoms with van der Waals surface area (Å²) in [7, 11) is 0. The lowest BCUT2D eigenvalue weighted by Gasteiger charge is -2.22. The lowest BCUT2D eigenvalue weighted by molar-refractivity contribution is -0.133. The standard InChI is InChI=1S/C37H54Cl2N6O2/c1-9-18-44(32(46)20-24(4)5)22-30-40-34(36(38)42-30)26(8)12-13-27(11-3)28-14-16-29(17-15-28)35-37(39)43-31(41-35)23-45(19-10-2)33(47)21-25(6)7/h11,14,16,24-25H,8-10,12-13,15,17-23H2,1-7H3,(H,40,42)(H,41,43)/b27-11+. The van der Waals surface area contributed by atoms with Crippen molar-refractivity contribution in [1.82, 2.24) is 29.7 Å².